The summed E-state index contributed by atoms with van der Waals surface area (Å²) in [4.78, 5) is 44.6. The average molecular weight is 912 g/mol. The number of aromatic nitrogens is 2. The number of thiazole rings is 2. The van der Waals surface area contributed by atoms with Crippen molar-refractivity contribution in [3.63, 3.8) is 0 Å². The largest absolute Gasteiger partial charge is 0.478 e. The molecule has 14 heteroatoms. The van der Waals surface area contributed by atoms with Gasteiger partial charge in [-0.2, -0.15) is 0 Å². The van der Waals surface area contributed by atoms with Gasteiger partial charge >= 0.3 is 11.9 Å². The molecule has 0 saturated carbocycles. The number of methoxy groups -OCH3 is 1. The summed E-state index contributed by atoms with van der Waals surface area (Å²) in [6.07, 6.45) is 0.735. The monoisotopic (exact) mass is 908 g/mol. The van der Waals surface area contributed by atoms with Gasteiger partial charge in [-0.25, -0.2) is 19.6 Å². The maximum Gasteiger partial charge on any atom is 0.339 e. The van der Waals surface area contributed by atoms with Crippen LogP contribution in [0.2, 0.25) is 20.1 Å². The predicted octanol–water partition coefficient (Wildman–Crippen LogP) is 13.6. The maximum absolute atomic E-state index is 12.0. The molecule has 0 unspecified atom stereocenters. The fourth-order valence-electron chi connectivity index (χ4n) is 5.41. The normalized spacial score (nSPS) is 10.7. The number of aryl methyl sites for hydroxylation is 1. The Bertz CT molecular complexity index is 2610. The molecule has 0 aliphatic heterocycles. The number of hydrogen-bond donors (Lipinski definition) is 1. The lowest BCUT2D eigenvalue weighted by atomic mass is 9.93. The van der Waals surface area contributed by atoms with Gasteiger partial charge in [-0.05, 0) is 76.4 Å². The first-order valence-electron chi connectivity index (χ1n) is 16.0. The molecule has 1 N–H and O–H groups in total. The van der Waals surface area contributed by atoms with Gasteiger partial charge in [0.25, 0.3) is 0 Å². The molecule has 7 aromatic rings. The van der Waals surface area contributed by atoms with Crippen LogP contribution in [-0.2, 0) is 4.74 Å². The highest BCUT2D eigenvalue weighted by molar-refractivity contribution is 9.10. The lowest BCUT2D eigenvalue weighted by Gasteiger charge is -2.11. The number of rotatable bonds is 8. The highest BCUT2D eigenvalue weighted by Gasteiger charge is 2.18. The van der Waals surface area contributed by atoms with Gasteiger partial charge in [0.15, 0.2) is 6.29 Å². The second-order valence-corrected chi connectivity index (χ2v) is 16.0. The molecule has 2 heterocycles. The van der Waals surface area contributed by atoms with Gasteiger partial charge in [-0.15, -0.1) is 22.7 Å². The van der Waals surface area contributed by atoms with Crippen molar-refractivity contribution >= 4 is 103 Å². The minimum atomic E-state index is -1.07. The number of carboxylic acid groups (broad SMARTS) is 1. The summed E-state index contributed by atoms with van der Waals surface area (Å²) in [6, 6.07) is 26.6. The first-order chi connectivity index (χ1) is 26.4. The van der Waals surface area contributed by atoms with Crippen LogP contribution in [0.15, 0.2) is 106 Å². The van der Waals surface area contributed by atoms with Crippen molar-refractivity contribution in [2.24, 2.45) is 0 Å². The maximum atomic E-state index is 12.0. The molecule has 7 rings (SSSR count). The molecule has 5 aromatic carbocycles. The number of aldehydes is 1. The fraction of sp³-hybridized carbons (Fsp3) is 0.0488. The third-order valence-corrected chi connectivity index (χ3v) is 12.1. The van der Waals surface area contributed by atoms with E-state index in [2.05, 4.69) is 25.9 Å². The number of carboxylic acids is 1. The number of carbonyl (C=O) groups excluding carboxylic acids is 2. The Hall–Kier alpha value is -4.39. The zero-order valence-corrected chi connectivity index (χ0v) is 34.8. The van der Waals surface area contributed by atoms with Crippen molar-refractivity contribution in [1.29, 1.82) is 0 Å². The van der Waals surface area contributed by atoms with Gasteiger partial charge in [-0.3, -0.25) is 4.79 Å². The molecule has 0 aliphatic carbocycles. The number of esters is 1. The average Bonchev–Trinajstić information content (AvgIpc) is 3.89. The van der Waals surface area contributed by atoms with Crippen LogP contribution in [0.3, 0.4) is 0 Å². The van der Waals surface area contributed by atoms with Crippen LogP contribution < -0.4 is 0 Å². The van der Waals surface area contributed by atoms with Crippen molar-refractivity contribution in [1.82, 2.24) is 9.97 Å². The molecule has 0 spiro atoms. The van der Waals surface area contributed by atoms with Crippen LogP contribution in [-0.4, -0.2) is 40.4 Å². The lowest BCUT2D eigenvalue weighted by Crippen LogP contribution is -2.02. The van der Waals surface area contributed by atoms with E-state index in [1.807, 2.05) is 60.1 Å². The minimum Gasteiger partial charge on any atom is -0.478 e. The van der Waals surface area contributed by atoms with Gasteiger partial charge in [0.2, 0.25) is 0 Å². The molecule has 0 aliphatic rings. The van der Waals surface area contributed by atoms with Crippen molar-refractivity contribution < 1.29 is 24.2 Å². The molecule has 55 heavy (non-hydrogen) atoms. The molecular weight excluding hydrogens is 886 g/mol. The second kappa shape index (κ2) is 17.6. The van der Waals surface area contributed by atoms with E-state index in [-0.39, 0.29) is 5.56 Å². The summed E-state index contributed by atoms with van der Waals surface area (Å²) in [5, 5.41) is 17.0. The molecule has 0 amide bonds. The minimum absolute atomic E-state index is 0.109. The number of aromatic carboxylic acids is 1. The third-order valence-electron chi connectivity index (χ3n) is 8.18. The molecule has 0 bridgehead atoms. The van der Waals surface area contributed by atoms with E-state index in [0.717, 1.165) is 44.9 Å². The van der Waals surface area contributed by atoms with Gasteiger partial charge in [0.05, 0.1) is 49.7 Å². The van der Waals surface area contributed by atoms with Gasteiger partial charge in [-0.1, -0.05) is 100 Å². The van der Waals surface area contributed by atoms with Crippen molar-refractivity contribution in [3.8, 4) is 54.8 Å². The Morgan fingerprint density at radius 1 is 0.673 bits per heavy atom. The molecule has 0 atom stereocenters. The van der Waals surface area contributed by atoms with E-state index in [1.165, 1.54) is 29.8 Å². The Kier molecular flexibility index (Phi) is 12.9. The summed E-state index contributed by atoms with van der Waals surface area (Å²) in [5.74, 6) is -1.47. The Morgan fingerprint density at radius 2 is 1.20 bits per heavy atom. The molecular formula is C41H25BrCl4N2O5S2. The highest BCUT2D eigenvalue weighted by Crippen LogP contribution is 2.37. The van der Waals surface area contributed by atoms with E-state index >= 15 is 0 Å². The van der Waals surface area contributed by atoms with Crippen LogP contribution in [0.25, 0.3) is 54.8 Å². The van der Waals surface area contributed by atoms with Crippen LogP contribution in [0.4, 0.5) is 0 Å². The standard InChI is InChI=1S/C24H15Cl2NO3S.C17H10BrCl2NO2S/c1-13-2-3-16(11-28)18(8-13)17-6-4-15(9-19(17)24(29)30)23-27-22(12-31-23)14-5-7-20(25)21(26)10-14;1-23-17(22)11-6-10(2-4-12(11)18)16-21-15(8-24-16)9-3-5-13(19)14(20)7-9/h2-12H,1H3,(H,29,30);2-8H,1H3. The zero-order valence-electron chi connectivity index (χ0n) is 28.6. The summed E-state index contributed by atoms with van der Waals surface area (Å²) in [5.41, 5.74) is 7.78. The first-order valence-corrected chi connectivity index (χ1v) is 20.1. The smallest absolute Gasteiger partial charge is 0.339 e. The Labute approximate surface area is 352 Å². The van der Waals surface area contributed by atoms with Crippen LogP contribution in [0.1, 0.15) is 36.6 Å². The molecule has 0 fully saturated rings. The van der Waals surface area contributed by atoms with Crippen molar-refractivity contribution in [2.75, 3.05) is 7.11 Å². The Balaban J connectivity index is 0.000000193. The quantitative estimate of drug-likeness (QED) is 0.120. The molecule has 276 valence electrons. The number of carbonyl (C=O) groups is 3. The second-order valence-electron chi connectivity index (χ2n) is 11.8. The topological polar surface area (TPSA) is 106 Å². The summed E-state index contributed by atoms with van der Waals surface area (Å²) in [6.45, 7) is 1.90. The number of nitrogens with zero attached hydrogens (tertiary/aromatic N) is 2. The van der Waals surface area contributed by atoms with E-state index in [9.17, 15) is 19.5 Å². The predicted molar refractivity (Wildman–Crippen MR) is 228 cm³/mol. The lowest BCUT2D eigenvalue weighted by molar-refractivity contribution is 0.0598. The van der Waals surface area contributed by atoms with Crippen LogP contribution >= 0.6 is 85.0 Å². The van der Waals surface area contributed by atoms with Gasteiger partial charge in [0.1, 0.15) is 10.0 Å². The fourth-order valence-corrected chi connectivity index (χ4v) is 8.07. The van der Waals surface area contributed by atoms with Gasteiger partial charge < -0.3 is 9.84 Å². The molecule has 0 saturated heterocycles. The third kappa shape index (κ3) is 9.19. The number of hydrogen-bond acceptors (Lipinski definition) is 8. The van der Waals surface area contributed by atoms with Crippen LogP contribution in [0.5, 0.6) is 0 Å². The Morgan fingerprint density at radius 3 is 1.71 bits per heavy atom. The number of ether oxygens (including phenoxy) is 1. The molecule has 7 nitrogen and oxygen atoms in total. The SMILES string of the molecule is COC(=O)c1cc(-c2nc(-c3ccc(Cl)c(Cl)c3)cs2)ccc1Br.Cc1ccc(C=O)c(-c2ccc(-c3nc(-c4ccc(Cl)c(Cl)c4)cs3)cc2C(=O)O)c1. The summed E-state index contributed by atoms with van der Waals surface area (Å²) < 4.78 is 5.47. The first kappa shape index (κ1) is 40.3. The number of halogens is 5. The van der Waals surface area contributed by atoms with Crippen molar-refractivity contribution in [3.05, 3.63) is 149 Å². The molecule has 0 radical (unpaired) electrons. The summed E-state index contributed by atoms with van der Waals surface area (Å²) >= 11 is 30.4. The van der Waals surface area contributed by atoms with Crippen molar-refractivity contribution in [2.45, 2.75) is 6.92 Å². The summed E-state index contributed by atoms with van der Waals surface area (Å²) in [7, 11) is 1.35. The van der Waals surface area contributed by atoms with Crippen LogP contribution in [0, 0.1) is 6.92 Å². The zero-order chi connectivity index (χ0) is 39.4. The van der Waals surface area contributed by atoms with E-state index < -0.39 is 11.9 Å². The highest BCUT2D eigenvalue weighted by atomic mass is 79.9. The van der Waals surface area contributed by atoms with E-state index in [0.29, 0.717) is 57.4 Å². The number of benzene rings is 5. The van der Waals surface area contributed by atoms with E-state index in [1.54, 1.807) is 48.5 Å². The van der Waals surface area contributed by atoms with Gasteiger partial charge in [0, 0.05) is 43.1 Å². The van der Waals surface area contributed by atoms with E-state index in [4.69, 9.17) is 51.1 Å². The molecule has 2 aromatic heterocycles.